The van der Waals surface area contributed by atoms with Crippen molar-refractivity contribution in [3.8, 4) is 0 Å². The average Bonchev–Trinajstić information content (AvgIpc) is 2.08. The number of hydrogen-bond donors (Lipinski definition) is 2. The standard InChI is InChI=1S/C10H12INO2/c1-10(2,9(13)14)12-8-5-3-7(11)4-6-8/h3-6,12H,1-2H3,(H,13,14). The summed E-state index contributed by atoms with van der Waals surface area (Å²) in [4.78, 5) is 10.8. The Hall–Kier alpha value is -0.780. The van der Waals surface area contributed by atoms with Gasteiger partial charge in [0.05, 0.1) is 0 Å². The van der Waals surface area contributed by atoms with Gasteiger partial charge in [0.15, 0.2) is 0 Å². The Morgan fingerprint density at radius 3 is 2.29 bits per heavy atom. The zero-order valence-corrected chi connectivity index (χ0v) is 10.2. The van der Waals surface area contributed by atoms with Gasteiger partial charge in [-0.2, -0.15) is 0 Å². The van der Waals surface area contributed by atoms with Crippen molar-refractivity contribution in [1.29, 1.82) is 0 Å². The highest BCUT2D eigenvalue weighted by molar-refractivity contribution is 14.1. The second kappa shape index (κ2) is 4.16. The van der Waals surface area contributed by atoms with Gasteiger partial charge in [0.1, 0.15) is 5.54 Å². The number of carboxylic acids is 1. The molecule has 0 spiro atoms. The van der Waals surface area contributed by atoms with Crippen molar-refractivity contribution in [2.75, 3.05) is 5.32 Å². The Bertz CT molecular complexity index is 332. The van der Waals surface area contributed by atoms with Gasteiger partial charge in [0.2, 0.25) is 0 Å². The molecule has 0 aliphatic rings. The third-order valence-electron chi connectivity index (χ3n) is 1.84. The Balaban J connectivity index is 2.79. The number of carboxylic acid groups (broad SMARTS) is 1. The first-order valence-electron chi connectivity index (χ1n) is 4.19. The summed E-state index contributed by atoms with van der Waals surface area (Å²) in [6.07, 6.45) is 0. The first-order valence-corrected chi connectivity index (χ1v) is 5.27. The van der Waals surface area contributed by atoms with Crippen LogP contribution in [0.5, 0.6) is 0 Å². The number of halogens is 1. The maximum absolute atomic E-state index is 10.8. The van der Waals surface area contributed by atoms with E-state index in [1.807, 2.05) is 24.3 Å². The Morgan fingerprint density at radius 1 is 1.36 bits per heavy atom. The van der Waals surface area contributed by atoms with Crippen LogP contribution in [0.4, 0.5) is 5.69 Å². The Morgan fingerprint density at radius 2 is 1.86 bits per heavy atom. The van der Waals surface area contributed by atoms with Gasteiger partial charge in [0, 0.05) is 9.26 Å². The molecule has 0 heterocycles. The molecule has 76 valence electrons. The lowest BCUT2D eigenvalue weighted by atomic mass is 10.1. The van der Waals surface area contributed by atoms with E-state index in [1.54, 1.807) is 13.8 Å². The normalized spacial score (nSPS) is 11.1. The van der Waals surface area contributed by atoms with Gasteiger partial charge in [-0.15, -0.1) is 0 Å². The minimum Gasteiger partial charge on any atom is -0.480 e. The fourth-order valence-electron chi connectivity index (χ4n) is 0.948. The van der Waals surface area contributed by atoms with Crippen molar-refractivity contribution in [3.63, 3.8) is 0 Å². The first kappa shape index (κ1) is 11.3. The molecule has 0 aliphatic heterocycles. The maximum atomic E-state index is 10.8. The summed E-state index contributed by atoms with van der Waals surface area (Å²) < 4.78 is 1.13. The quantitative estimate of drug-likeness (QED) is 0.844. The van der Waals surface area contributed by atoms with E-state index in [1.165, 1.54) is 0 Å². The van der Waals surface area contributed by atoms with Crippen LogP contribution in [-0.2, 0) is 4.79 Å². The highest BCUT2D eigenvalue weighted by atomic mass is 127. The number of aliphatic carboxylic acids is 1. The van der Waals surface area contributed by atoms with Crippen LogP contribution in [0.1, 0.15) is 13.8 Å². The highest BCUT2D eigenvalue weighted by Crippen LogP contribution is 2.16. The Kier molecular flexibility index (Phi) is 3.36. The van der Waals surface area contributed by atoms with E-state index in [9.17, 15) is 4.79 Å². The fraction of sp³-hybridized carbons (Fsp3) is 0.300. The molecule has 0 bridgehead atoms. The summed E-state index contributed by atoms with van der Waals surface area (Å²) in [7, 11) is 0. The summed E-state index contributed by atoms with van der Waals surface area (Å²) in [5.41, 5.74) is -0.120. The molecule has 1 aromatic rings. The molecule has 3 nitrogen and oxygen atoms in total. The number of rotatable bonds is 3. The Labute approximate surface area is 96.7 Å². The van der Waals surface area contributed by atoms with Crippen LogP contribution in [0.3, 0.4) is 0 Å². The fourth-order valence-corrected chi connectivity index (χ4v) is 1.31. The van der Waals surface area contributed by atoms with Crippen LogP contribution in [0.25, 0.3) is 0 Å². The number of anilines is 1. The zero-order chi connectivity index (χ0) is 10.8. The van der Waals surface area contributed by atoms with Gasteiger partial charge in [-0.1, -0.05) is 0 Å². The highest BCUT2D eigenvalue weighted by Gasteiger charge is 2.26. The van der Waals surface area contributed by atoms with E-state index in [4.69, 9.17) is 5.11 Å². The van der Waals surface area contributed by atoms with Crippen molar-refractivity contribution < 1.29 is 9.90 Å². The lowest BCUT2D eigenvalue weighted by molar-refractivity contribution is -0.141. The van der Waals surface area contributed by atoms with Crippen LogP contribution in [0, 0.1) is 3.57 Å². The van der Waals surface area contributed by atoms with E-state index < -0.39 is 11.5 Å². The van der Waals surface area contributed by atoms with Gasteiger partial charge >= 0.3 is 5.97 Å². The molecule has 1 rings (SSSR count). The predicted molar refractivity (Wildman–Crippen MR) is 64.5 cm³/mol. The van der Waals surface area contributed by atoms with E-state index in [-0.39, 0.29) is 0 Å². The van der Waals surface area contributed by atoms with Crippen LogP contribution in [0.2, 0.25) is 0 Å². The third-order valence-corrected chi connectivity index (χ3v) is 2.55. The summed E-state index contributed by atoms with van der Waals surface area (Å²) >= 11 is 2.20. The molecule has 1 aromatic carbocycles. The van der Waals surface area contributed by atoms with Crippen molar-refractivity contribution in [1.82, 2.24) is 0 Å². The smallest absolute Gasteiger partial charge is 0.328 e. The van der Waals surface area contributed by atoms with Crippen molar-refractivity contribution in [2.24, 2.45) is 0 Å². The van der Waals surface area contributed by atoms with Crippen molar-refractivity contribution in [2.45, 2.75) is 19.4 Å². The largest absolute Gasteiger partial charge is 0.480 e. The van der Waals surface area contributed by atoms with Crippen LogP contribution < -0.4 is 5.32 Å². The zero-order valence-electron chi connectivity index (χ0n) is 8.04. The number of benzene rings is 1. The van der Waals surface area contributed by atoms with Crippen LogP contribution >= 0.6 is 22.6 Å². The lowest BCUT2D eigenvalue weighted by Crippen LogP contribution is -2.39. The summed E-state index contributed by atoms with van der Waals surface area (Å²) in [6, 6.07) is 7.60. The van der Waals surface area contributed by atoms with Gasteiger partial charge in [-0.3, -0.25) is 0 Å². The SMILES string of the molecule is CC(C)(Nc1ccc(I)cc1)C(=O)O. The molecule has 0 saturated heterocycles. The molecule has 0 unspecified atom stereocenters. The van der Waals surface area contributed by atoms with Crippen molar-refractivity contribution >= 4 is 34.2 Å². The minimum absolute atomic E-state index is 0.817. The molecule has 0 saturated carbocycles. The average molecular weight is 305 g/mol. The molecule has 2 N–H and O–H groups in total. The molecule has 14 heavy (non-hydrogen) atoms. The summed E-state index contributed by atoms with van der Waals surface area (Å²) in [5, 5.41) is 11.8. The first-order chi connectivity index (χ1) is 6.42. The maximum Gasteiger partial charge on any atom is 0.328 e. The molecule has 0 atom stereocenters. The third kappa shape index (κ3) is 2.87. The number of hydrogen-bond acceptors (Lipinski definition) is 2. The van der Waals surface area contributed by atoms with Crippen molar-refractivity contribution in [3.05, 3.63) is 27.8 Å². The predicted octanol–water partition coefficient (Wildman–Crippen LogP) is 2.57. The second-order valence-electron chi connectivity index (χ2n) is 3.56. The number of carbonyl (C=O) groups is 1. The lowest BCUT2D eigenvalue weighted by Gasteiger charge is -2.22. The molecular weight excluding hydrogens is 293 g/mol. The molecule has 0 radical (unpaired) electrons. The second-order valence-corrected chi connectivity index (χ2v) is 4.81. The van der Waals surface area contributed by atoms with E-state index in [0.717, 1.165) is 9.26 Å². The summed E-state index contributed by atoms with van der Waals surface area (Å²) in [5.74, 6) is -0.865. The van der Waals surface area contributed by atoms with Crippen LogP contribution in [0.15, 0.2) is 24.3 Å². The van der Waals surface area contributed by atoms with Crippen LogP contribution in [-0.4, -0.2) is 16.6 Å². The minimum atomic E-state index is -0.938. The molecule has 0 fully saturated rings. The molecule has 4 heteroatoms. The van der Waals surface area contributed by atoms with Gasteiger partial charge in [-0.25, -0.2) is 4.79 Å². The van der Waals surface area contributed by atoms with Gasteiger partial charge in [0.25, 0.3) is 0 Å². The molecule has 0 amide bonds. The molecule has 0 aromatic heterocycles. The molecule has 0 aliphatic carbocycles. The number of nitrogens with one attached hydrogen (secondary N) is 1. The molecular formula is C10H12INO2. The topological polar surface area (TPSA) is 49.3 Å². The summed E-state index contributed by atoms with van der Waals surface area (Å²) in [6.45, 7) is 3.26. The van der Waals surface area contributed by atoms with Gasteiger partial charge in [-0.05, 0) is 60.7 Å². The van der Waals surface area contributed by atoms with E-state index in [0.29, 0.717) is 0 Å². The van der Waals surface area contributed by atoms with E-state index >= 15 is 0 Å². The van der Waals surface area contributed by atoms with E-state index in [2.05, 4.69) is 27.9 Å². The van der Waals surface area contributed by atoms with Gasteiger partial charge < -0.3 is 10.4 Å². The monoisotopic (exact) mass is 305 g/mol.